The second-order valence-electron chi connectivity index (χ2n) is 8.07. The summed E-state index contributed by atoms with van der Waals surface area (Å²) < 4.78 is 27.6. The second-order valence-corrected chi connectivity index (χ2v) is 11.5. The molecule has 176 valence electrons. The molecule has 0 spiro atoms. The monoisotopic (exact) mass is 507 g/mol. The van der Waals surface area contributed by atoms with E-state index in [1.807, 2.05) is 16.1 Å². The van der Waals surface area contributed by atoms with Gasteiger partial charge in [0, 0.05) is 42.7 Å². The molecule has 0 radical (unpaired) electrons. The number of benzene rings is 2. The van der Waals surface area contributed by atoms with Crippen LogP contribution in [-0.4, -0.2) is 60.4 Å². The van der Waals surface area contributed by atoms with Crippen LogP contribution >= 0.6 is 22.9 Å². The van der Waals surface area contributed by atoms with E-state index in [2.05, 4.69) is 0 Å². The van der Waals surface area contributed by atoms with Crippen LogP contribution in [0, 0.1) is 0 Å². The first-order chi connectivity index (χ1) is 15.9. The van der Waals surface area contributed by atoms with Gasteiger partial charge in [-0.1, -0.05) is 23.7 Å². The van der Waals surface area contributed by atoms with Crippen molar-refractivity contribution < 1.29 is 18.3 Å². The average molecular weight is 508 g/mol. The molecule has 3 aromatic rings. The van der Waals surface area contributed by atoms with Crippen molar-refractivity contribution in [2.45, 2.75) is 36.7 Å². The molecule has 10 heteroatoms. The number of rotatable bonds is 7. The van der Waals surface area contributed by atoms with Gasteiger partial charge >= 0.3 is 0 Å². The number of fused-ring (bicyclic) bond motifs is 1. The minimum Gasteiger partial charge on any atom is -0.395 e. The van der Waals surface area contributed by atoms with Gasteiger partial charge in [-0.25, -0.2) is 8.42 Å². The van der Waals surface area contributed by atoms with E-state index in [1.54, 1.807) is 41.3 Å². The maximum atomic E-state index is 12.8. The Morgan fingerprint density at radius 3 is 2.64 bits per heavy atom. The quantitative estimate of drug-likeness (QED) is 0.532. The second kappa shape index (κ2) is 10.4. The van der Waals surface area contributed by atoms with E-state index in [-0.39, 0.29) is 35.6 Å². The highest BCUT2D eigenvalue weighted by Gasteiger charge is 2.24. The third-order valence-electron chi connectivity index (χ3n) is 5.83. The van der Waals surface area contributed by atoms with E-state index >= 15 is 0 Å². The lowest BCUT2D eigenvalue weighted by Gasteiger charge is -2.30. The van der Waals surface area contributed by atoms with Crippen molar-refractivity contribution in [1.82, 2.24) is 9.47 Å². The Kier molecular flexibility index (Phi) is 7.53. The molecule has 1 aliphatic heterocycles. The van der Waals surface area contributed by atoms with Gasteiger partial charge in [0.05, 0.1) is 23.3 Å². The van der Waals surface area contributed by atoms with Crippen molar-refractivity contribution in [2.75, 3.05) is 25.4 Å². The van der Waals surface area contributed by atoms with Crippen molar-refractivity contribution in [3.63, 3.8) is 0 Å². The fraction of sp³-hybridized carbons (Fsp3) is 0.391. The molecule has 1 saturated heterocycles. The van der Waals surface area contributed by atoms with E-state index in [4.69, 9.17) is 21.7 Å². The van der Waals surface area contributed by atoms with E-state index in [1.165, 1.54) is 11.3 Å². The first-order valence-corrected chi connectivity index (χ1v) is 13.8. The number of piperidine rings is 1. The number of aromatic nitrogens is 1. The highest BCUT2D eigenvalue weighted by atomic mass is 35.5. The van der Waals surface area contributed by atoms with Gasteiger partial charge in [-0.05, 0) is 47.9 Å². The fourth-order valence-corrected chi connectivity index (χ4v) is 6.23. The average Bonchev–Trinajstić information content (AvgIpc) is 3.24. The molecule has 4 rings (SSSR count). The summed E-state index contributed by atoms with van der Waals surface area (Å²) in [5.74, 6) is -0.359. The number of hydrogen-bond acceptors (Lipinski definition) is 6. The molecule has 1 fully saturated rings. The van der Waals surface area contributed by atoms with E-state index in [9.17, 15) is 13.2 Å². The molecular formula is C23H26ClN3O4S2. The van der Waals surface area contributed by atoms with E-state index in [0.29, 0.717) is 24.7 Å². The summed E-state index contributed by atoms with van der Waals surface area (Å²) in [6.45, 7) is 1.71. The van der Waals surface area contributed by atoms with Gasteiger partial charge < -0.3 is 14.6 Å². The number of aliphatic hydroxyl groups is 1. The molecule has 0 unspecified atom stereocenters. The van der Waals surface area contributed by atoms with E-state index in [0.717, 1.165) is 28.4 Å². The first-order valence-electron chi connectivity index (χ1n) is 10.8. The Morgan fingerprint density at radius 2 is 1.88 bits per heavy atom. The number of aliphatic hydroxyl groups excluding tert-OH is 1. The Bertz CT molecular complexity index is 1310. The van der Waals surface area contributed by atoms with Gasteiger partial charge in [0.1, 0.15) is 0 Å². The lowest BCUT2D eigenvalue weighted by atomic mass is 10.1. The van der Waals surface area contributed by atoms with Gasteiger partial charge in [0.25, 0.3) is 0 Å². The number of likely N-dealkylation sites (tertiary alicyclic amines) is 1. The van der Waals surface area contributed by atoms with Gasteiger partial charge in [0.2, 0.25) is 5.91 Å². The zero-order chi connectivity index (χ0) is 23.4. The van der Waals surface area contributed by atoms with Crippen LogP contribution in [0.2, 0.25) is 5.02 Å². The summed E-state index contributed by atoms with van der Waals surface area (Å²) in [6, 6.07) is 10.4. The maximum Gasteiger partial charge on any atom is 0.223 e. The predicted octanol–water partition coefficient (Wildman–Crippen LogP) is 3.10. The lowest BCUT2D eigenvalue weighted by Crippen LogP contribution is -2.40. The molecule has 0 aliphatic carbocycles. The minimum absolute atomic E-state index is 0.0375. The Hall–Kier alpha value is -2.20. The van der Waals surface area contributed by atoms with Gasteiger partial charge in [-0.3, -0.25) is 9.79 Å². The minimum atomic E-state index is -3.57. The Labute approximate surface area is 201 Å². The van der Waals surface area contributed by atoms with Crippen LogP contribution in [0.25, 0.3) is 10.8 Å². The normalized spacial score (nSPS) is 15.9. The molecule has 0 atom stereocenters. The van der Waals surface area contributed by atoms with Crippen LogP contribution in [0.3, 0.4) is 0 Å². The first kappa shape index (κ1) is 23.9. The molecule has 1 aromatic heterocycles. The van der Waals surface area contributed by atoms with Gasteiger partial charge in [-0.2, -0.15) is 0 Å². The van der Waals surface area contributed by atoms with Crippen molar-refractivity contribution in [1.29, 1.82) is 0 Å². The summed E-state index contributed by atoms with van der Waals surface area (Å²) in [6.07, 6.45) is 3.35. The van der Waals surface area contributed by atoms with Crippen molar-refractivity contribution in [3.8, 4) is 0 Å². The van der Waals surface area contributed by atoms with Crippen LogP contribution in [0.4, 0.5) is 0 Å². The fourth-order valence-electron chi connectivity index (χ4n) is 3.97. The number of carbonyl (C=O) groups is 1. The molecule has 1 aliphatic rings. The summed E-state index contributed by atoms with van der Waals surface area (Å²) >= 11 is 7.53. The molecule has 1 amide bonds. The number of thiazole rings is 1. The number of carbonyl (C=O) groups excluding carboxylic acids is 1. The third kappa shape index (κ3) is 5.84. The van der Waals surface area contributed by atoms with Crippen molar-refractivity contribution >= 4 is 49.5 Å². The molecule has 0 saturated carbocycles. The molecule has 2 heterocycles. The van der Waals surface area contributed by atoms with Crippen molar-refractivity contribution in [3.05, 3.63) is 57.8 Å². The molecule has 1 N–H and O–H groups in total. The molecule has 7 nitrogen and oxygen atoms in total. The van der Waals surface area contributed by atoms with E-state index < -0.39 is 9.84 Å². The van der Waals surface area contributed by atoms with Crippen LogP contribution in [-0.2, 0) is 21.2 Å². The zero-order valence-electron chi connectivity index (χ0n) is 18.1. The van der Waals surface area contributed by atoms with Gasteiger partial charge in [-0.15, -0.1) is 11.3 Å². The smallest absolute Gasteiger partial charge is 0.223 e. The highest BCUT2D eigenvalue weighted by Crippen LogP contribution is 2.24. The molecule has 2 aromatic carbocycles. The molecule has 33 heavy (non-hydrogen) atoms. The summed E-state index contributed by atoms with van der Waals surface area (Å²) in [5.41, 5.74) is 0. The topological polar surface area (TPSA) is 92.0 Å². The highest BCUT2D eigenvalue weighted by molar-refractivity contribution is 7.91. The molecule has 0 bridgehead atoms. The van der Waals surface area contributed by atoms with Crippen LogP contribution in [0.5, 0.6) is 0 Å². The van der Waals surface area contributed by atoms with Crippen LogP contribution < -0.4 is 4.80 Å². The van der Waals surface area contributed by atoms with Crippen molar-refractivity contribution in [2.24, 2.45) is 4.99 Å². The lowest BCUT2D eigenvalue weighted by molar-refractivity contribution is -0.131. The number of nitrogens with zero attached hydrogens (tertiary/aromatic N) is 3. The summed E-state index contributed by atoms with van der Waals surface area (Å²) in [7, 11) is -3.57. The number of sulfone groups is 1. The van der Waals surface area contributed by atoms with Crippen LogP contribution in [0.15, 0.2) is 57.9 Å². The number of hydrogen-bond donors (Lipinski definition) is 1. The molecular weight excluding hydrogens is 482 g/mol. The largest absolute Gasteiger partial charge is 0.395 e. The number of amides is 1. The SMILES string of the molecule is O=C(CCS(=O)(=O)c1ccc2cc(Cl)ccc2c1)N1CCC(/N=c2\sccn2CCO)CC1. The zero-order valence-corrected chi connectivity index (χ0v) is 20.4. The third-order valence-corrected chi connectivity index (χ3v) is 8.59. The number of halogens is 1. The maximum absolute atomic E-state index is 12.8. The van der Waals surface area contributed by atoms with Gasteiger partial charge in [0.15, 0.2) is 14.6 Å². The standard InChI is InChI=1S/C23H26ClN3O4S2/c24-19-3-1-18-16-21(4-2-17(18)15-19)33(30,31)14-7-22(29)26-8-5-20(6-9-26)25-23-27(10-12-28)11-13-32-23/h1-4,11,13,15-16,20,28H,5-10,12,14H2/b25-23-. The predicted molar refractivity (Wildman–Crippen MR) is 130 cm³/mol. The Morgan fingerprint density at radius 1 is 1.15 bits per heavy atom. The Balaban J connectivity index is 1.33. The summed E-state index contributed by atoms with van der Waals surface area (Å²) in [4.78, 5) is 20.3. The van der Waals surface area contributed by atoms with Crippen LogP contribution in [0.1, 0.15) is 19.3 Å². The summed E-state index contributed by atoms with van der Waals surface area (Å²) in [5, 5.41) is 13.4.